The highest BCUT2D eigenvalue weighted by molar-refractivity contribution is 6.40. The van der Waals surface area contributed by atoms with E-state index in [1.807, 2.05) is 38.2 Å². The zero-order valence-corrected chi connectivity index (χ0v) is 8.81. The van der Waals surface area contributed by atoms with E-state index in [2.05, 4.69) is 0 Å². The quantitative estimate of drug-likeness (QED) is 0.608. The van der Waals surface area contributed by atoms with Crippen molar-refractivity contribution in [1.29, 1.82) is 0 Å². The van der Waals surface area contributed by atoms with E-state index in [4.69, 9.17) is 23.2 Å². The van der Waals surface area contributed by atoms with Crippen molar-refractivity contribution in [1.82, 2.24) is 0 Å². The van der Waals surface area contributed by atoms with E-state index in [9.17, 15) is 5.11 Å². The van der Waals surface area contributed by atoms with Gasteiger partial charge >= 0.3 is 0 Å². The number of alkyl halides is 2. The number of hydrogen-bond donors (Lipinski definition) is 1. The molecule has 1 aliphatic carbocycles. The fourth-order valence-electron chi connectivity index (χ4n) is 0.828. The molecule has 1 rings (SSSR count). The smallest absolute Gasteiger partial charge is 0.0967 e. The predicted molar refractivity (Wildman–Crippen MR) is 54.6 cm³/mol. The minimum atomic E-state index is -0.630. The van der Waals surface area contributed by atoms with Crippen LogP contribution in [0.25, 0.3) is 0 Å². The maximum atomic E-state index is 9.50. The predicted octanol–water partition coefficient (Wildman–Crippen LogP) is 2.92. The van der Waals surface area contributed by atoms with Crippen molar-refractivity contribution in [3.63, 3.8) is 0 Å². The molecule has 70 valence electrons. The van der Waals surface area contributed by atoms with Crippen molar-refractivity contribution in [2.75, 3.05) is 5.34 Å². The van der Waals surface area contributed by atoms with E-state index in [0.717, 1.165) is 0 Å². The highest BCUT2D eigenvalue weighted by Crippen LogP contribution is 2.22. The third-order valence-corrected chi connectivity index (χ3v) is 1.87. The zero-order valence-electron chi connectivity index (χ0n) is 7.30. The Morgan fingerprint density at radius 2 is 1.92 bits per heavy atom. The Morgan fingerprint density at radius 1 is 1.42 bits per heavy atom. The largest absolute Gasteiger partial charge is 0.385 e. The van der Waals surface area contributed by atoms with E-state index in [0.29, 0.717) is 0 Å². The Balaban J connectivity index is 0.000000354. The van der Waals surface area contributed by atoms with Crippen LogP contribution in [-0.4, -0.2) is 16.0 Å². The first-order chi connectivity index (χ1) is 5.54. The molecule has 0 aromatic heterocycles. The van der Waals surface area contributed by atoms with Crippen LogP contribution in [0.5, 0.6) is 0 Å². The van der Waals surface area contributed by atoms with Gasteiger partial charge in [0, 0.05) is 5.92 Å². The van der Waals surface area contributed by atoms with Crippen molar-refractivity contribution in [2.24, 2.45) is 5.92 Å². The SMILES string of the molecule is CC1C=CC=CC1(C)O.ClCCl. The summed E-state index contributed by atoms with van der Waals surface area (Å²) >= 11 is 9.53. The summed E-state index contributed by atoms with van der Waals surface area (Å²) in [5.41, 5.74) is -0.630. The normalized spacial score (nSPS) is 32.6. The molecule has 0 aromatic rings. The molecular weight excluding hydrogens is 195 g/mol. The molecule has 1 nitrogen and oxygen atoms in total. The van der Waals surface area contributed by atoms with Crippen LogP contribution in [-0.2, 0) is 0 Å². The van der Waals surface area contributed by atoms with Gasteiger partial charge in [-0.2, -0.15) is 0 Å². The second kappa shape index (κ2) is 5.63. The Hall–Kier alpha value is 0.0200. The van der Waals surface area contributed by atoms with Crippen LogP contribution >= 0.6 is 23.2 Å². The van der Waals surface area contributed by atoms with Crippen molar-refractivity contribution in [3.05, 3.63) is 24.3 Å². The van der Waals surface area contributed by atoms with E-state index >= 15 is 0 Å². The first kappa shape index (κ1) is 12.0. The fourth-order valence-corrected chi connectivity index (χ4v) is 0.828. The minimum Gasteiger partial charge on any atom is -0.385 e. The molecule has 0 fully saturated rings. The summed E-state index contributed by atoms with van der Waals surface area (Å²) in [4.78, 5) is 0. The van der Waals surface area contributed by atoms with Crippen molar-refractivity contribution < 1.29 is 5.11 Å². The molecule has 0 heterocycles. The summed E-state index contributed by atoms with van der Waals surface area (Å²) in [5, 5.41) is 9.70. The molecular formula is C9H14Cl2O. The van der Waals surface area contributed by atoms with Crippen LogP contribution < -0.4 is 0 Å². The summed E-state index contributed by atoms with van der Waals surface area (Å²) in [6.45, 7) is 3.82. The van der Waals surface area contributed by atoms with Gasteiger partial charge in [0.05, 0.1) is 10.9 Å². The zero-order chi connectivity index (χ0) is 9.61. The monoisotopic (exact) mass is 208 g/mol. The van der Waals surface area contributed by atoms with E-state index in [1.54, 1.807) is 0 Å². The Bertz CT molecular complexity index is 173. The molecule has 1 aliphatic rings. The highest BCUT2D eigenvalue weighted by atomic mass is 35.5. The van der Waals surface area contributed by atoms with Gasteiger partial charge in [-0.15, -0.1) is 23.2 Å². The van der Waals surface area contributed by atoms with Crippen molar-refractivity contribution in [2.45, 2.75) is 19.4 Å². The molecule has 1 N–H and O–H groups in total. The molecule has 0 aromatic carbocycles. The molecule has 0 spiro atoms. The van der Waals surface area contributed by atoms with E-state index < -0.39 is 5.60 Å². The average molecular weight is 209 g/mol. The Kier molecular flexibility index (Phi) is 5.64. The molecule has 0 saturated carbocycles. The van der Waals surface area contributed by atoms with Crippen molar-refractivity contribution >= 4 is 23.2 Å². The maximum absolute atomic E-state index is 9.50. The molecule has 2 unspecified atom stereocenters. The number of rotatable bonds is 0. The van der Waals surface area contributed by atoms with Crippen LogP contribution in [0.2, 0.25) is 0 Å². The average Bonchev–Trinajstić information content (AvgIpc) is 1.97. The van der Waals surface area contributed by atoms with Crippen LogP contribution in [0.4, 0.5) is 0 Å². The third kappa shape index (κ3) is 4.15. The number of aliphatic hydroxyl groups is 1. The number of allylic oxidation sites excluding steroid dienone is 2. The first-order valence-electron chi connectivity index (χ1n) is 3.75. The molecule has 0 radical (unpaired) electrons. The van der Waals surface area contributed by atoms with Crippen LogP contribution in [0.3, 0.4) is 0 Å². The second-order valence-corrected chi connectivity index (χ2v) is 3.67. The van der Waals surface area contributed by atoms with Crippen LogP contribution in [0, 0.1) is 5.92 Å². The summed E-state index contributed by atoms with van der Waals surface area (Å²) < 4.78 is 0. The van der Waals surface area contributed by atoms with E-state index in [1.165, 1.54) is 0 Å². The van der Waals surface area contributed by atoms with Gasteiger partial charge in [0.15, 0.2) is 0 Å². The van der Waals surface area contributed by atoms with Crippen LogP contribution in [0.15, 0.2) is 24.3 Å². The van der Waals surface area contributed by atoms with Crippen LogP contribution in [0.1, 0.15) is 13.8 Å². The van der Waals surface area contributed by atoms with Gasteiger partial charge in [-0.05, 0) is 6.92 Å². The van der Waals surface area contributed by atoms with Gasteiger partial charge < -0.3 is 5.11 Å². The molecule has 0 saturated heterocycles. The first-order valence-corrected chi connectivity index (χ1v) is 4.82. The lowest BCUT2D eigenvalue weighted by molar-refractivity contribution is 0.0730. The number of halogens is 2. The molecule has 3 heteroatoms. The molecule has 0 amide bonds. The van der Waals surface area contributed by atoms with Gasteiger partial charge in [-0.1, -0.05) is 31.2 Å². The van der Waals surface area contributed by atoms with E-state index in [-0.39, 0.29) is 11.3 Å². The maximum Gasteiger partial charge on any atom is 0.0967 e. The van der Waals surface area contributed by atoms with Crippen molar-refractivity contribution in [3.8, 4) is 0 Å². The third-order valence-electron chi connectivity index (χ3n) is 1.87. The lowest BCUT2D eigenvalue weighted by Crippen LogP contribution is -2.29. The standard InChI is InChI=1S/C8H12O.CH2Cl2/c1-7-5-3-4-6-8(7,2)9;2-1-3/h3-7,9H,1-2H3;1H2. The minimum absolute atomic E-state index is 0.194. The molecule has 0 aliphatic heterocycles. The summed E-state index contributed by atoms with van der Waals surface area (Å²) in [6, 6.07) is 0. The molecule has 2 atom stereocenters. The summed E-state index contributed by atoms with van der Waals surface area (Å²) in [6.07, 6.45) is 7.65. The molecule has 0 bridgehead atoms. The molecule has 12 heavy (non-hydrogen) atoms. The van der Waals surface area contributed by atoms with Gasteiger partial charge in [-0.3, -0.25) is 0 Å². The second-order valence-electron chi connectivity index (χ2n) is 2.86. The van der Waals surface area contributed by atoms with Gasteiger partial charge in [0.1, 0.15) is 0 Å². The summed E-state index contributed by atoms with van der Waals surface area (Å²) in [5.74, 6) is 0.238. The Labute approximate surface area is 83.7 Å². The highest BCUT2D eigenvalue weighted by Gasteiger charge is 2.23. The Morgan fingerprint density at radius 3 is 2.17 bits per heavy atom. The van der Waals surface area contributed by atoms with Gasteiger partial charge in [0.2, 0.25) is 0 Å². The lowest BCUT2D eigenvalue weighted by atomic mass is 9.87. The van der Waals surface area contributed by atoms with Gasteiger partial charge in [-0.25, -0.2) is 0 Å². The topological polar surface area (TPSA) is 20.2 Å². The summed E-state index contributed by atoms with van der Waals surface area (Å²) in [7, 11) is 0. The fraction of sp³-hybridized carbons (Fsp3) is 0.556. The van der Waals surface area contributed by atoms with Gasteiger partial charge in [0.25, 0.3) is 0 Å². The lowest BCUT2D eigenvalue weighted by Gasteiger charge is -2.26. The number of hydrogen-bond acceptors (Lipinski definition) is 1.